The van der Waals surface area contributed by atoms with E-state index in [1.54, 1.807) is 0 Å². The molecule has 2 aromatic heterocycles. The van der Waals surface area contributed by atoms with Crippen LogP contribution < -0.4 is 4.74 Å². The van der Waals surface area contributed by atoms with Gasteiger partial charge in [0.25, 0.3) is 0 Å². The molecule has 0 radical (unpaired) electrons. The summed E-state index contributed by atoms with van der Waals surface area (Å²) in [4.78, 5) is 13.5. The van der Waals surface area contributed by atoms with Crippen molar-refractivity contribution in [2.45, 2.75) is 67.0 Å². The van der Waals surface area contributed by atoms with Crippen LogP contribution in [0.15, 0.2) is 54.6 Å². The molecule has 0 unspecified atom stereocenters. The molecule has 0 amide bonds. The van der Waals surface area contributed by atoms with Crippen molar-refractivity contribution in [2.75, 3.05) is 19.8 Å². The van der Waals surface area contributed by atoms with Gasteiger partial charge in [0.15, 0.2) is 0 Å². The van der Waals surface area contributed by atoms with E-state index in [2.05, 4.69) is 64.2 Å². The predicted octanol–water partition coefficient (Wildman–Crippen LogP) is 7.94. The number of aryl methyl sites for hydroxylation is 4. The Hall–Kier alpha value is -4.10. The molecule has 0 saturated heterocycles. The van der Waals surface area contributed by atoms with E-state index < -0.39 is 0 Å². The molecule has 0 spiro atoms. The second-order valence-electron chi connectivity index (χ2n) is 10.8. The van der Waals surface area contributed by atoms with E-state index in [1.165, 1.54) is 10.9 Å². The minimum absolute atomic E-state index is 0. The van der Waals surface area contributed by atoms with E-state index >= 15 is 0 Å². The molecular formula is C35H41N3O4. The summed E-state index contributed by atoms with van der Waals surface area (Å²) in [6.45, 7) is 8.69. The SMILES string of the molecule is C.CCOC(=O)c1c(CCCOc2cccc3ccc(C)cc23)c2cccc3c2n1CCCCOCc1n[nH]c(C)c1-3. The van der Waals surface area contributed by atoms with Crippen LogP contribution in [0.1, 0.15) is 66.6 Å². The smallest absolute Gasteiger partial charge is 0.355 e. The number of nitrogens with one attached hydrogen (secondary N) is 1. The summed E-state index contributed by atoms with van der Waals surface area (Å²) in [7, 11) is 0. The molecule has 6 rings (SSSR count). The molecule has 0 fully saturated rings. The highest BCUT2D eigenvalue weighted by Gasteiger charge is 2.27. The number of benzene rings is 3. The summed E-state index contributed by atoms with van der Waals surface area (Å²) in [5.41, 5.74) is 7.93. The first-order valence-corrected chi connectivity index (χ1v) is 14.6. The van der Waals surface area contributed by atoms with Crippen molar-refractivity contribution < 1.29 is 19.0 Å². The zero-order valence-electron chi connectivity index (χ0n) is 24.1. The predicted molar refractivity (Wildman–Crippen MR) is 168 cm³/mol. The van der Waals surface area contributed by atoms with E-state index in [9.17, 15) is 4.79 Å². The van der Waals surface area contributed by atoms with Crippen LogP contribution in [-0.2, 0) is 29.0 Å². The molecule has 5 aromatic rings. The minimum Gasteiger partial charge on any atom is -0.493 e. The highest BCUT2D eigenvalue weighted by Crippen LogP contribution is 2.38. The fraction of sp³-hybridized carbons (Fsp3) is 0.371. The first-order valence-electron chi connectivity index (χ1n) is 14.6. The highest BCUT2D eigenvalue weighted by atomic mass is 16.5. The first-order chi connectivity index (χ1) is 20.1. The Balaban J connectivity index is 0.00000353. The van der Waals surface area contributed by atoms with Gasteiger partial charge in [-0.3, -0.25) is 5.10 Å². The van der Waals surface area contributed by atoms with Crippen LogP contribution >= 0.6 is 0 Å². The summed E-state index contributed by atoms with van der Waals surface area (Å²) >= 11 is 0. The Morgan fingerprint density at radius 2 is 1.93 bits per heavy atom. The van der Waals surface area contributed by atoms with Crippen LogP contribution in [0.3, 0.4) is 0 Å². The van der Waals surface area contributed by atoms with Crippen molar-refractivity contribution in [2.24, 2.45) is 0 Å². The number of carbonyl (C=O) groups is 1. The average Bonchev–Trinajstić information content (AvgIpc) is 3.49. The molecule has 7 nitrogen and oxygen atoms in total. The number of para-hydroxylation sites is 1. The summed E-state index contributed by atoms with van der Waals surface area (Å²) in [6, 6.07) is 18.9. The van der Waals surface area contributed by atoms with Gasteiger partial charge < -0.3 is 18.8 Å². The van der Waals surface area contributed by atoms with E-state index in [0.29, 0.717) is 45.1 Å². The monoisotopic (exact) mass is 567 g/mol. The topological polar surface area (TPSA) is 78.4 Å². The third-order valence-electron chi connectivity index (χ3n) is 7.93. The average molecular weight is 568 g/mol. The van der Waals surface area contributed by atoms with Gasteiger partial charge in [-0.15, -0.1) is 0 Å². The maximum absolute atomic E-state index is 13.5. The number of nitrogens with zero attached hydrogens (tertiary/aromatic N) is 2. The molecule has 7 heteroatoms. The van der Waals surface area contributed by atoms with Gasteiger partial charge in [-0.05, 0) is 69.5 Å². The molecule has 3 aromatic carbocycles. The van der Waals surface area contributed by atoms with Crippen molar-refractivity contribution >= 4 is 27.6 Å². The van der Waals surface area contributed by atoms with Crippen LogP contribution in [0.5, 0.6) is 5.75 Å². The zero-order valence-corrected chi connectivity index (χ0v) is 24.1. The maximum Gasteiger partial charge on any atom is 0.355 e. The van der Waals surface area contributed by atoms with Gasteiger partial charge in [-0.2, -0.15) is 5.10 Å². The van der Waals surface area contributed by atoms with Crippen molar-refractivity contribution in [1.82, 2.24) is 14.8 Å². The fourth-order valence-corrected chi connectivity index (χ4v) is 6.09. The lowest BCUT2D eigenvalue weighted by Crippen LogP contribution is -2.15. The molecule has 220 valence electrons. The fourth-order valence-electron chi connectivity index (χ4n) is 6.09. The summed E-state index contributed by atoms with van der Waals surface area (Å²) in [6.07, 6.45) is 3.26. The van der Waals surface area contributed by atoms with Gasteiger partial charge in [-0.25, -0.2) is 4.79 Å². The van der Waals surface area contributed by atoms with E-state index in [-0.39, 0.29) is 13.4 Å². The van der Waals surface area contributed by atoms with Crippen molar-refractivity contribution in [3.8, 4) is 16.9 Å². The van der Waals surface area contributed by atoms with Crippen LogP contribution in [-0.4, -0.2) is 40.6 Å². The number of aromatic amines is 1. The third-order valence-corrected chi connectivity index (χ3v) is 7.93. The molecule has 0 saturated carbocycles. The lowest BCUT2D eigenvalue weighted by molar-refractivity contribution is 0.0512. The number of hydrogen-bond acceptors (Lipinski definition) is 5. The van der Waals surface area contributed by atoms with Crippen molar-refractivity contribution in [3.05, 3.63) is 82.8 Å². The molecular weight excluding hydrogens is 526 g/mol. The van der Waals surface area contributed by atoms with Gasteiger partial charge in [0.05, 0.1) is 31.0 Å². The molecule has 42 heavy (non-hydrogen) atoms. The van der Waals surface area contributed by atoms with Crippen LogP contribution in [0.2, 0.25) is 0 Å². The number of esters is 1. The first kappa shape index (κ1) is 29.4. The normalized spacial score (nSPS) is 13.3. The Morgan fingerprint density at radius 3 is 2.79 bits per heavy atom. The molecule has 1 aliphatic rings. The number of hydrogen-bond donors (Lipinski definition) is 1. The van der Waals surface area contributed by atoms with Crippen LogP contribution in [0.4, 0.5) is 0 Å². The number of H-pyrrole nitrogens is 1. The van der Waals surface area contributed by atoms with E-state index in [1.807, 2.05) is 26.0 Å². The van der Waals surface area contributed by atoms with Gasteiger partial charge >= 0.3 is 5.97 Å². The standard InChI is InChI=1S/C34H37N3O4.CH4/c1-4-40-34(38)33-26(13-9-19-41-30-14-7-10-24-16-15-22(2)20-28(24)30)25-11-8-12-27-31-23(3)35-36-29(31)21-39-18-6-5-17-37(33)32(25)27;/h7-8,10-12,14-16,20H,4-6,9,13,17-19,21H2,1-3H3,(H,35,36);1H4. The molecule has 0 bridgehead atoms. The largest absolute Gasteiger partial charge is 0.493 e. The number of ether oxygens (including phenoxy) is 3. The third kappa shape index (κ3) is 5.53. The van der Waals surface area contributed by atoms with Gasteiger partial charge in [0.1, 0.15) is 11.4 Å². The van der Waals surface area contributed by atoms with Gasteiger partial charge in [0, 0.05) is 40.7 Å². The van der Waals surface area contributed by atoms with Crippen LogP contribution in [0, 0.1) is 13.8 Å². The summed E-state index contributed by atoms with van der Waals surface area (Å²) in [5, 5.41) is 11.1. The van der Waals surface area contributed by atoms with E-state index in [0.717, 1.165) is 69.4 Å². The Bertz CT molecular complexity index is 1710. The Labute approximate surface area is 247 Å². The molecule has 1 aliphatic heterocycles. The number of fused-ring (bicyclic) bond motifs is 3. The summed E-state index contributed by atoms with van der Waals surface area (Å²) in [5.74, 6) is 0.617. The second-order valence-corrected chi connectivity index (χ2v) is 10.8. The Morgan fingerprint density at radius 1 is 1.07 bits per heavy atom. The number of aromatic nitrogens is 3. The molecule has 0 atom stereocenters. The molecule has 0 aliphatic carbocycles. The zero-order chi connectivity index (χ0) is 28.3. The molecule has 1 N–H and O–H groups in total. The number of rotatable bonds is 7. The lowest BCUT2D eigenvalue weighted by atomic mass is 9.98. The quantitative estimate of drug-likeness (QED) is 0.160. The number of carbonyl (C=O) groups excluding carboxylic acids is 1. The maximum atomic E-state index is 13.5. The van der Waals surface area contributed by atoms with Crippen molar-refractivity contribution in [1.29, 1.82) is 0 Å². The lowest BCUT2D eigenvalue weighted by Gasteiger charge is -2.13. The van der Waals surface area contributed by atoms with E-state index in [4.69, 9.17) is 14.2 Å². The van der Waals surface area contributed by atoms with Crippen LogP contribution in [0.25, 0.3) is 32.8 Å². The van der Waals surface area contributed by atoms with Gasteiger partial charge in [-0.1, -0.05) is 55.5 Å². The summed E-state index contributed by atoms with van der Waals surface area (Å²) < 4.78 is 20.1. The minimum atomic E-state index is -0.273. The van der Waals surface area contributed by atoms with Crippen molar-refractivity contribution in [3.63, 3.8) is 0 Å². The molecule has 3 heterocycles. The Kier molecular flexibility index (Phi) is 8.97. The highest BCUT2D eigenvalue weighted by molar-refractivity contribution is 6.05. The van der Waals surface area contributed by atoms with Gasteiger partial charge in [0.2, 0.25) is 0 Å². The second kappa shape index (κ2) is 12.8.